The standard InChI is InChI=1S/C16H10BrClN2S/c17-11-6-5-10(8-19)13(7-11)20-9-15-16(18)12-3-1-2-4-14(12)21-15/h1-7,20H,9H2. The van der Waals surface area contributed by atoms with E-state index in [-0.39, 0.29) is 0 Å². The van der Waals surface area contributed by atoms with E-state index in [1.807, 2.05) is 30.3 Å². The minimum Gasteiger partial charge on any atom is -0.379 e. The normalized spacial score (nSPS) is 10.5. The maximum atomic E-state index is 9.15. The van der Waals surface area contributed by atoms with Crippen LogP contribution >= 0.6 is 38.9 Å². The minimum absolute atomic E-state index is 0.601. The Morgan fingerprint density at radius 2 is 2.05 bits per heavy atom. The molecule has 0 amide bonds. The summed E-state index contributed by atoms with van der Waals surface area (Å²) in [6, 6.07) is 15.8. The molecule has 2 aromatic carbocycles. The summed E-state index contributed by atoms with van der Waals surface area (Å²) in [5.74, 6) is 0. The Kier molecular flexibility index (Phi) is 4.16. The lowest BCUT2D eigenvalue weighted by Crippen LogP contribution is -2.00. The summed E-state index contributed by atoms with van der Waals surface area (Å²) in [6.45, 7) is 0.601. The van der Waals surface area contributed by atoms with Crippen LogP contribution in [0.1, 0.15) is 10.4 Å². The third kappa shape index (κ3) is 2.91. The molecule has 0 aliphatic heterocycles. The van der Waals surface area contributed by atoms with Gasteiger partial charge >= 0.3 is 0 Å². The zero-order valence-corrected chi connectivity index (χ0v) is 14.0. The van der Waals surface area contributed by atoms with Crippen LogP contribution in [0.4, 0.5) is 5.69 Å². The Hall–Kier alpha value is -1.54. The third-order valence-electron chi connectivity index (χ3n) is 3.14. The third-order valence-corrected chi connectivity index (χ3v) is 5.35. The van der Waals surface area contributed by atoms with Gasteiger partial charge in [0.15, 0.2) is 0 Å². The second-order valence-electron chi connectivity index (χ2n) is 4.49. The van der Waals surface area contributed by atoms with Gasteiger partial charge in [-0.05, 0) is 24.3 Å². The SMILES string of the molecule is N#Cc1ccc(Br)cc1NCc1sc2ccccc2c1Cl. The number of nitrogens with one attached hydrogen (secondary N) is 1. The molecule has 5 heteroatoms. The van der Waals surface area contributed by atoms with Crippen LogP contribution in [0.25, 0.3) is 10.1 Å². The number of hydrogen-bond donors (Lipinski definition) is 1. The van der Waals surface area contributed by atoms with Gasteiger partial charge in [-0.25, -0.2) is 0 Å². The van der Waals surface area contributed by atoms with Crippen LogP contribution in [-0.4, -0.2) is 0 Å². The molecule has 2 nitrogen and oxygen atoms in total. The van der Waals surface area contributed by atoms with Gasteiger partial charge in [0.05, 0.1) is 22.8 Å². The number of anilines is 1. The fourth-order valence-electron chi connectivity index (χ4n) is 2.11. The topological polar surface area (TPSA) is 35.8 Å². The van der Waals surface area contributed by atoms with Crippen LogP contribution in [0.15, 0.2) is 46.9 Å². The molecule has 0 unspecified atom stereocenters. The van der Waals surface area contributed by atoms with E-state index < -0.39 is 0 Å². The highest BCUT2D eigenvalue weighted by Gasteiger charge is 2.10. The molecule has 0 atom stereocenters. The number of nitrogens with zero attached hydrogens (tertiary/aromatic N) is 1. The van der Waals surface area contributed by atoms with E-state index in [0.717, 1.165) is 25.4 Å². The van der Waals surface area contributed by atoms with E-state index in [9.17, 15) is 0 Å². The molecule has 0 saturated carbocycles. The molecule has 1 N–H and O–H groups in total. The fraction of sp³-hybridized carbons (Fsp3) is 0.0625. The number of rotatable bonds is 3. The molecule has 3 aromatic rings. The number of benzene rings is 2. The van der Waals surface area contributed by atoms with Crippen molar-refractivity contribution in [3.05, 3.63) is 62.4 Å². The summed E-state index contributed by atoms with van der Waals surface area (Å²) in [4.78, 5) is 1.07. The van der Waals surface area contributed by atoms with Gasteiger partial charge in [-0.15, -0.1) is 11.3 Å². The van der Waals surface area contributed by atoms with Crippen LogP contribution < -0.4 is 5.32 Å². The van der Waals surface area contributed by atoms with E-state index in [0.29, 0.717) is 12.1 Å². The van der Waals surface area contributed by atoms with E-state index in [1.165, 1.54) is 4.70 Å². The molecule has 21 heavy (non-hydrogen) atoms. The van der Waals surface area contributed by atoms with Gasteiger partial charge in [0.1, 0.15) is 6.07 Å². The first-order valence-electron chi connectivity index (χ1n) is 6.28. The molecule has 0 fully saturated rings. The summed E-state index contributed by atoms with van der Waals surface area (Å²) in [7, 11) is 0. The zero-order valence-electron chi connectivity index (χ0n) is 10.9. The Bertz CT molecular complexity index is 851. The Morgan fingerprint density at radius 3 is 2.81 bits per heavy atom. The molecule has 0 saturated heterocycles. The number of fused-ring (bicyclic) bond motifs is 1. The zero-order chi connectivity index (χ0) is 14.8. The average molecular weight is 378 g/mol. The summed E-state index contributed by atoms with van der Waals surface area (Å²) >= 11 is 11.5. The van der Waals surface area contributed by atoms with Crippen LogP contribution in [0.2, 0.25) is 5.02 Å². The van der Waals surface area contributed by atoms with Gasteiger partial charge in [0.2, 0.25) is 0 Å². The highest BCUT2D eigenvalue weighted by atomic mass is 79.9. The van der Waals surface area contributed by atoms with E-state index in [1.54, 1.807) is 17.4 Å². The van der Waals surface area contributed by atoms with Gasteiger partial charge in [0.25, 0.3) is 0 Å². The van der Waals surface area contributed by atoms with Crippen molar-refractivity contribution in [2.24, 2.45) is 0 Å². The summed E-state index contributed by atoms with van der Waals surface area (Å²) in [5, 5.41) is 14.3. The van der Waals surface area contributed by atoms with Gasteiger partial charge in [-0.1, -0.05) is 45.7 Å². The number of hydrogen-bond acceptors (Lipinski definition) is 3. The lowest BCUT2D eigenvalue weighted by atomic mass is 10.2. The van der Waals surface area contributed by atoms with E-state index in [2.05, 4.69) is 33.4 Å². The summed E-state index contributed by atoms with van der Waals surface area (Å²) < 4.78 is 2.11. The number of nitriles is 1. The van der Waals surface area contributed by atoms with Crippen molar-refractivity contribution in [1.29, 1.82) is 5.26 Å². The highest BCUT2D eigenvalue weighted by molar-refractivity contribution is 9.10. The van der Waals surface area contributed by atoms with Crippen LogP contribution in [0, 0.1) is 11.3 Å². The molecule has 1 heterocycles. The Labute approximate surface area is 140 Å². The maximum absolute atomic E-state index is 9.15. The molecule has 0 aliphatic carbocycles. The largest absolute Gasteiger partial charge is 0.379 e. The summed E-state index contributed by atoms with van der Waals surface area (Å²) in [6.07, 6.45) is 0. The predicted octanol–water partition coefficient (Wildman–Crippen LogP) is 5.80. The molecule has 0 aliphatic rings. The van der Waals surface area contributed by atoms with Crippen LogP contribution in [0.3, 0.4) is 0 Å². The van der Waals surface area contributed by atoms with Gasteiger partial charge < -0.3 is 5.32 Å². The Morgan fingerprint density at radius 1 is 1.24 bits per heavy atom. The lowest BCUT2D eigenvalue weighted by Gasteiger charge is -2.08. The second kappa shape index (κ2) is 6.07. The predicted molar refractivity (Wildman–Crippen MR) is 93.0 cm³/mol. The minimum atomic E-state index is 0.601. The average Bonchev–Trinajstić information content (AvgIpc) is 2.82. The van der Waals surface area contributed by atoms with Crippen molar-refractivity contribution < 1.29 is 0 Å². The fourth-order valence-corrected chi connectivity index (χ4v) is 3.91. The quantitative estimate of drug-likeness (QED) is 0.626. The smallest absolute Gasteiger partial charge is 0.101 e. The van der Waals surface area contributed by atoms with Crippen molar-refractivity contribution >= 4 is 54.6 Å². The maximum Gasteiger partial charge on any atom is 0.101 e. The van der Waals surface area contributed by atoms with Crippen molar-refractivity contribution in [1.82, 2.24) is 0 Å². The molecule has 0 bridgehead atoms. The van der Waals surface area contributed by atoms with E-state index >= 15 is 0 Å². The Balaban J connectivity index is 1.89. The van der Waals surface area contributed by atoms with Gasteiger partial charge in [-0.3, -0.25) is 0 Å². The van der Waals surface area contributed by atoms with Crippen LogP contribution in [-0.2, 0) is 6.54 Å². The van der Waals surface area contributed by atoms with Gasteiger partial charge in [-0.2, -0.15) is 5.26 Å². The molecule has 1 aromatic heterocycles. The highest BCUT2D eigenvalue weighted by Crippen LogP contribution is 2.35. The van der Waals surface area contributed by atoms with Gasteiger partial charge in [0, 0.05) is 19.4 Å². The van der Waals surface area contributed by atoms with Crippen molar-refractivity contribution in [2.45, 2.75) is 6.54 Å². The van der Waals surface area contributed by atoms with Crippen molar-refractivity contribution in [3.8, 4) is 6.07 Å². The monoisotopic (exact) mass is 376 g/mol. The molecule has 3 rings (SSSR count). The van der Waals surface area contributed by atoms with Crippen LogP contribution in [0.5, 0.6) is 0 Å². The molecule has 0 spiro atoms. The summed E-state index contributed by atoms with van der Waals surface area (Å²) in [5.41, 5.74) is 1.43. The molecular weight excluding hydrogens is 368 g/mol. The molecule has 104 valence electrons. The number of halogens is 2. The molecule has 0 radical (unpaired) electrons. The first-order valence-corrected chi connectivity index (χ1v) is 8.27. The van der Waals surface area contributed by atoms with E-state index in [4.69, 9.17) is 16.9 Å². The number of thiophene rings is 1. The molecular formula is C16H10BrClN2S. The van der Waals surface area contributed by atoms with Crippen molar-refractivity contribution in [3.63, 3.8) is 0 Å². The van der Waals surface area contributed by atoms with Crippen molar-refractivity contribution in [2.75, 3.05) is 5.32 Å². The lowest BCUT2D eigenvalue weighted by molar-refractivity contribution is 1.19. The first kappa shape index (κ1) is 14.4. The first-order chi connectivity index (χ1) is 10.2. The second-order valence-corrected chi connectivity index (χ2v) is 6.92.